The number of unbranched alkanes of at least 4 members (excludes halogenated alkanes) is 6. The van der Waals surface area contributed by atoms with Crippen molar-refractivity contribution in [1.82, 2.24) is 51.9 Å². The van der Waals surface area contributed by atoms with Gasteiger partial charge in [-0.2, -0.15) is 0 Å². The Morgan fingerprint density at radius 3 is 2.04 bits per heavy atom. The quantitative estimate of drug-likeness (QED) is 0.0141. The third kappa shape index (κ3) is 22.4. The number of fused-ring (bicyclic) bond motifs is 2. The molecule has 13 atom stereocenters. The van der Waals surface area contributed by atoms with E-state index in [9.17, 15) is 69.3 Å². The Morgan fingerprint density at radius 1 is 0.724 bits per heavy atom. The summed E-state index contributed by atoms with van der Waals surface area (Å²) >= 11 is 1.37. The van der Waals surface area contributed by atoms with Crippen molar-refractivity contribution in [3.05, 3.63) is 77.9 Å². The van der Waals surface area contributed by atoms with Crippen molar-refractivity contribution in [2.75, 3.05) is 53.0 Å². The molecule has 3 fully saturated rings. The molecule has 15 N–H and O–H groups in total. The van der Waals surface area contributed by atoms with Crippen LogP contribution in [0.2, 0.25) is 0 Å². The number of nitrogens with zero attached hydrogens (tertiary/aromatic N) is 4. The lowest BCUT2D eigenvalue weighted by Crippen LogP contribution is -2.64. The fourth-order valence-corrected chi connectivity index (χ4v) is 12.7. The summed E-state index contributed by atoms with van der Waals surface area (Å²) < 4.78 is 20.4. The maximum absolute atomic E-state index is 15.1. The van der Waals surface area contributed by atoms with Gasteiger partial charge in [0.25, 0.3) is 18.2 Å². The number of benzene rings is 3. The van der Waals surface area contributed by atoms with Gasteiger partial charge in [-0.25, -0.2) is 5.26 Å². The van der Waals surface area contributed by atoms with Crippen LogP contribution in [0, 0.1) is 5.92 Å². The number of carboxylic acids is 1. The maximum Gasteiger partial charge on any atom is 0.303 e. The first-order chi connectivity index (χ1) is 47.0. The van der Waals surface area contributed by atoms with E-state index >= 15 is 4.79 Å². The number of carbonyl (C=O) groups is 8. The number of aliphatic carboxylic acids is 1. The summed E-state index contributed by atoms with van der Waals surface area (Å²) in [6.45, 7) is 2.73. The number of amides is 7. The van der Waals surface area contributed by atoms with Gasteiger partial charge in [-0.1, -0.05) is 71.5 Å². The molecule has 4 heterocycles. The Balaban J connectivity index is 1.16. The third-order valence-corrected chi connectivity index (χ3v) is 18.3. The Kier molecular flexibility index (Phi) is 30.6. The number of methoxy groups -OCH3 is 1. The second-order valence-corrected chi connectivity index (χ2v) is 25.9. The van der Waals surface area contributed by atoms with Crippen LogP contribution in [0.4, 0.5) is 0 Å². The Labute approximate surface area is 573 Å². The van der Waals surface area contributed by atoms with E-state index in [0.717, 1.165) is 67.1 Å². The highest BCUT2D eigenvalue weighted by molar-refractivity contribution is 7.90. The van der Waals surface area contributed by atoms with Crippen molar-refractivity contribution in [3.8, 4) is 38.4 Å². The van der Waals surface area contributed by atoms with Gasteiger partial charge in [-0.15, -0.1) is 10.2 Å². The number of aliphatic hydroxyl groups excluding tert-OH is 6. The number of aromatic hydroxyl groups is 1. The van der Waals surface area contributed by atoms with Crippen LogP contribution in [-0.4, -0.2) is 239 Å². The molecular formula is C64H88N10O22S2. The van der Waals surface area contributed by atoms with E-state index in [1.807, 2.05) is 24.3 Å². The summed E-state index contributed by atoms with van der Waals surface area (Å²) in [7, 11) is 1.69. The lowest BCUT2D eigenvalue weighted by Gasteiger charge is -2.34. The van der Waals surface area contributed by atoms with E-state index in [1.54, 1.807) is 19.2 Å². The van der Waals surface area contributed by atoms with Gasteiger partial charge in [0, 0.05) is 81.6 Å². The summed E-state index contributed by atoms with van der Waals surface area (Å²) in [6, 6.07) is 5.83. The van der Waals surface area contributed by atoms with Crippen LogP contribution in [0.15, 0.2) is 66.7 Å². The van der Waals surface area contributed by atoms with E-state index in [1.165, 1.54) is 42.5 Å². The van der Waals surface area contributed by atoms with E-state index in [-0.39, 0.29) is 55.1 Å². The molecule has 98 heavy (non-hydrogen) atoms. The van der Waals surface area contributed by atoms with Crippen LogP contribution in [0.3, 0.4) is 0 Å². The van der Waals surface area contributed by atoms with Crippen LogP contribution < -0.4 is 40.8 Å². The molecule has 0 bridgehead atoms. The molecule has 4 aromatic rings. The lowest BCUT2D eigenvalue weighted by molar-refractivity contribution is -0.433. The molecule has 0 aliphatic carbocycles. The van der Waals surface area contributed by atoms with Crippen LogP contribution in [-0.2, 0) is 54.1 Å². The molecule has 3 aliphatic rings. The average Bonchev–Trinajstić information content (AvgIpc) is 1.63. The first-order valence-electron chi connectivity index (χ1n) is 32.4. The zero-order valence-electron chi connectivity index (χ0n) is 54.4. The minimum absolute atomic E-state index is 0.00593. The number of aliphatic hydroxyl groups is 6. The molecule has 32 nitrogen and oxygen atoms in total. The minimum atomic E-state index is -2.14. The largest absolute Gasteiger partial charge is 0.504 e. The molecule has 1 aromatic heterocycles. The van der Waals surface area contributed by atoms with Crippen molar-refractivity contribution < 1.29 is 107 Å². The number of hydrogen-bond acceptors (Lipinski definition) is 26. The van der Waals surface area contributed by atoms with Crippen molar-refractivity contribution in [2.24, 2.45) is 5.92 Å². The Bertz CT molecular complexity index is 3280. The Hall–Kier alpha value is -7.71. The summed E-state index contributed by atoms with van der Waals surface area (Å²) in [4.78, 5) is 115. The highest BCUT2D eigenvalue weighted by Gasteiger charge is 2.50. The number of carbonyl (C=O) groups excluding carboxylic acids is 7. The zero-order valence-corrected chi connectivity index (χ0v) is 56.1. The van der Waals surface area contributed by atoms with Gasteiger partial charge < -0.3 is 96.2 Å². The van der Waals surface area contributed by atoms with Crippen LogP contribution >= 0.6 is 23.7 Å². The second kappa shape index (κ2) is 38.6. The molecule has 0 radical (unpaired) electrons. The smallest absolute Gasteiger partial charge is 0.303 e. The molecule has 0 saturated carbocycles. The molecule has 34 heteroatoms. The monoisotopic (exact) mass is 1410 g/mol. The molecule has 538 valence electrons. The maximum atomic E-state index is 15.1. The number of β-amino-alcohol motifs (C(OH)–C–C–N with tert-alkyl or cyclic N) is 1. The molecule has 3 aliphatic heterocycles. The van der Waals surface area contributed by atoms with Crippen molar-refractivity contribution in [3.63, 3.8) is 0 Å². The number of nitrogens with one attached hydrogen (secondary N) is 6. The molecular weight excluding hydrogens is 1320 g/mol. The highest BCUT2D eigenvalue weighted by Crippen LogP contribution is 2.33. The summed E-state index contributed by atoms with van der Waals surface area (Å²) in [5.41, 5.74) is 1.51. The van der Waals surface area contributed by atoms with Crippen molar-refractivity contribution >= 4 is 71.0 Å². The van der Waals surface area contributed by atoms with Gasteiger partial charge >= 0.3 is 5.97 Å². The standard InChI is InChI=1S/C64H88N10O22S2/c1-35-33-74-54(55(35)83)60(88)66-32-41(76)30-44(67-56(84)38-14-16-39(17-15-38)61-71-72-62(97-61)40-18-20-43(21-19-40)93-27-11-6-4-5-10-26-92-3)57(85)68-51(36(2)75)63(89)73-34-42(77)31-45(73)58(86)69-52(48(80)28-37-13-22-46(78)49(29-37)94-98-96-95-91)59(87)70-53(64(74)90)47(79)23-25-65-24-9-7-8-12-50(81)82/h13-22,29,35-36,41-42,44-45,47-48,51-55,65,75-80,83,91H,4-12,23-28,30-34H2,1-3H3,(H,66,88)(H,67,84)(H,68,85)(H,69,86)(H,70,87)(H,81,82)/t35-,36+,41+,42+,44+,45+,47-,48-,51+,52+,53+,54+,55+/m1/s1. The summed E-state index contributed by atoms with van der Waals surface area (Å²) in [6.07, 6.45) is -5.71. The fourth-order valence-electron chi connectivity index (χ4n) is 11.6. The second-order valence-electron chi connectivity index (χ2n) is 24.5. The molecule has 3 saturated heterocycles. The first kappa shape index (κ1) is 77.6. The van der Waals surface area contributed by atoms with Crippen LogP contribution in [0.5, 0.6) is 17.2 Å². The number of aromatic nitrogens is 2. The van der Waals surface area contributed by atoms with Gasteiger partial charge in [0.05, 0.1) is 43.2 Å². The minimum Gasteiger partial charge on any atom is -0.504 e. The van der Waals surface area contributed by atoms with Crippen molar-refractivity contribution in [1.29, 1.82) is 0 Å². The van der Waals surface area contributed by atoms with Crippen LogP contribution in [0.25, 0.3) is 21.1 Å². The molecule has 0 spiro atoms. The Morgan fingerprint density at radius 2 is 1.37 bits per heavy atom. The number of phenols is 1. The summed E-state index contributed by atoms with van der Waals surface area (Å²) in [5.74, 6) is -9.70. The van der Waals surface area contributed by atoms with Gasteiger partial charge in [0.1, 0.15) is 52.0 Å². The van der Waals surface area contributed by atoms with Gasteiger partial charge in [-0.05, 0) is 106 Å². The third-order valence-electron chi connectivity index (χ3n) is 16.9. The topological polar surface area (TPSA) is 469 Å². The van der Waals surface area contributed by atoms with Gasteiger partial charge in [0.15, 0.2) is 11.5 Å². The summed E-state index contributed by atoms with van der Waals surface area (Å²) in [5, 5.41) is 126. The normalized spacial score (nSPS) is 23.9. The molecule has 3 aromatic carbocycles. The lowest BCUT2D eigenvalue weighted by atomic mass is 9.98. The zero-order chi connectivity index (χ0) is 71.0. The highest BCUT2D eigenvalue weighted by atomic mass is 32.2. The number of phenolic OH excluding ortho intramolecular Hbond substituents is 1. The van der Waals surface area contributed by atoms with Gasteiger partial charge in [0.2, 0.25) is 35.4 Å². The van der Waals surface area contributed by atoms with Gasteiger partial charge in [-0.3, -0.25) is 38.4 Å². The van der Waals surface area contributed by atoms with E-state index in [0.29, 0.717) is 53.7 Å². The number of hydrogen-bond donors (Lipinski definition) is 15. The van der Waals surface area contributed by atoms with Crippen LogP contribution in [0.1, 0.15) is 107 Å². The van der Waals surface area contributed by atoms with E-state index < -0.39 is 164 Å². The first-order valence-corrected chi connectivity index (χ1v) is 33.9. The number of rotatable bonds is 31. The number of ether oxygens (including phenoxy) is 2. The van der Waals surface area contributed by atoms with E-state index in [4.69, 9.17) is 24.0 Å². The predicted octanol–water partition coefficient (Wildman–Crippen LogP) is 0.490. The molecule has 7 rings (SSSR count). The fraction of sp³-hybridized carbons (Fsp3) is 0.562. The average molecular weight is 1410 g/mol. The van der Waals surface area contributed by atoms with E-state index in [2.05, 4.69) is 51.5 Å². The van der Waals surface area contributed by atoms with Crippen molar-refractivity contribution in [2.45, 2.75) is 170 Å². The SMILES string of the molecule is COCCCCCCCOc1ccc(-c2nnc(-c3ccc(C(=O)N[C@H]4C[C@H](O)CNC(=O)[C@@H]5[C@@H](O)[C@H](C)CN5C(=O)[C@H]([C@H](O)CCNCCCCCC(=O)O)NC(=O)[C@H]([C@H](O)Cc5ccc(O)c(OSOOO)c5)NC(=O)[C@@H]5C[C@H](O)CN5C(=O)[C@H]([C@H](C)O)NC4=O)cc3)s2)cc1. The molecule has 7 amide bonds. The number of carboxylic acid groups (broad SMARTS) is 1. The molecule has 0 unspecified atom stereocenters. The predicted molar refractivity (Wildman–Crippen MR) is 351 cm³/mol.